The van der Waals surface area contributed by atoms with Gasteiger partial charge in [-0.25, -0.2) is 8.42 Å². The predicted molar refractivity (Wildman–Crippen MR) is 83.4 cm³/mol. The largest absolute Gasteiger partial charge is 0.505 e. The van der Waals surface area contributed by atoms with Gasteiger partial charge >= 0.3 is 0 Å². The fraction of sp³-hybridized carbons (Fsp3) is 0.143. The van der Waals surface area contributed by atoms with Gasteiger partial charge in [0.15, 0.2) is 5.75 Å². The zero-order valence-corrected chi connectivity index (χ0v) is 13.0. The second kappa shape index (κ2) is 6.28. The minimum atomic E-state index is -3.50. The molecule has 0 amide bonds. The number of benzene rings is 2. The van der Waals surface area contributed by atoms with E-state index in [9.17, 15) is 13.5 Å². The molecule has 0 bridgehead atoms. The average Bonchev–Trinajstić information content (AvgIpc) is 2.43. The molecule has 0 aliphatic carbocycles. The number of anilines is 1. The molecule has 2 N–H and O–H groups in total. The van der Waals surface area contributed by atoms with E-state index in [1.807, 2.05) is 30.3 Å². The molecule has 0 aliphatic heterocycles. The zero-order chi connectivity index (χ0) is 14.6. The first-order valence-corrected chi connectivity index (χ1v) is 8.44. The van der Waals surface area contributed by atoms with Gasteiger partial charge in [0, 0.05) is 0 Å². The molecule has 0 saturated carbocycles. The Morgan fingerprint density at radius 1 is 1.05 bits per heavy atom. The van der Waals surface area contributed by atoms with Gasteiger partial charge in [-0.1, -0.05) is 36.4 Å². The number of rotatable bonds is 5. The van der Waals surface area contributed by atoms with Crippen molar-refractivity contribution in [1.82, 2.24) is 0 Å². The Hall–Kier alpha value is -1.53. The predicted octanol–water partition coefficient (Wildman–Crippen LogP) is 3.14. The van der Waals surface area contributed by atoms with Crippen LogP contribution in [0.4, 0.5) is 5.69 Å². The van der Waals surface area contributed by atoms with Crippen LogP contribution in [0.15, 0.2) is 53.0 Å². The number of hydrogen-bond acceptors (Lipinski definition) is 3. The Bertz CT molecular complexity index is 687. The summed E-state index contributed by atoms with van der Waals surface area (Å²) in [5.41, 5.74) is 1.13. The maximum atomic E-state index is 12.0. The molecule has 0 radical (unpaired) electrons. The van der Waals surface area contributed by atoms with Gasteiger partial charge in [-0.05, 0) is 40.0 Å². The van der Waals surface area contributed by atoms with Crippen molar-refractivity contribution in [3.05, 3.63) is 58.6 Å². The molecule has 2 aromatic carbocycles. The summed E-state index contributed by atoms with van der Waals surface area (Å²) in [4.78, 5) is 0. The first-order valence-electron chi connectivity index (χ1n) is 6.00. The Kier molecular flexibility index (Phi) is 4.67. The summed E-state index contributed by atoms with van der Waals surface area (Å²) in [6, 6.07) is 14.2. The van der Waals surface area contributed by atoms with E-state index in [4.69, 9.17) is 0 Å². The Balaban J connectivity index is 2.06. The molecule has 2 rings (SSSR count). The topological polar surface area (TPSA) is 66.4 Å². The molecular weight excluding hydrogens is 342 g/mol. The summed E-state index contributed by atoms with van der Waals surface area (Å²) in [6.45, 7) is 0. The van der Waals surface area contributed by atoms with Crippen LogP contribution in [0, 0.1) is 0 Å². The number of para-hydroxylation sites is 1. The summed E-state index contributed by atoms with van der Waals surface area (Å²) in [5.74, 6) is -0.154. The number of sulfonamides is 1. The van der Waals surface area contributed by atoms with Crippen LogP contribution in [0.25, 0.3) is 0 Å². The van der Waals surface area contributed by atoms with Crippen LogP contribution in [-0.4, -0.2) is 19.3 Å². The molecular formula is C14H14BrNO3S. The summed E-state index contributed by atoms with van der Waals surface area (Å²) < 4.78 is 26.8. The number of phenolic OH excluding ortho intramolecular Hbond substituents is 1. The van der Waals surface area contributed by atoms with E-state index in [1.54, 1.807) is 12.1 Å². The van der Waals surface area contributed by atoms with Crippen molar-refractivity contribution in [2.45, 2.75) is 6.42 Å². The molecule has 0 atom stereocenters. The number of hydrogen-bond donors (Lipinski definition) is 2. The Labute approximate surface area is 126 Å². The molecule has 0 aliphatic rings. The van der Waals surface area contributed by atoms with E-state index < -0.39 is 10.0 Å². The van der Waals surface area contributed by atoms with Crippen LogP contribution >= 0.6 is 15.9 Å². The van der Waals surface area contributed by atoms with Gasteiger partial charge < -0.3 is 5.11 Å². The lowest BCUT2D eigenvalue weighted by molar-refractivity contribution is 0.474. The summed E-state index contributed by atoms with van der Waals surface area (Å²) in [5, 5.41) is 9.77. The zero-order valence-electron chi connectivity index (χ0n) is 10.6. The average molecular weight is 356 g/mol. The van der Waals surface area contributed by atoms with Gasteiger partial charge in [0.2, 0.25) is 10.0 Å². The van der Waals surface area contributed by atoms with Crippen LogP contribution < -0.4 is 4.72 Å². The van der Waals surface area contributed by atoms with Gasteiger partial charge in [-0.3, -0.25) is 4.72 Å². The second-order valence-corrected chi connectivity index (χ2v) is 6.99. The molecule has 106 valence electrons. The van der Waals surface area contributed by atoms with Crippen LogP contribution in [-0.2, 0) is 16.4 Å². The lowest BCUT2D eigenvalue weighted by Crippen LogP contribution is -2.18. The molecule has 0 unspecified atom stereocenters. The van der Waals surface area contributed by atoms with Gasteiger partial charge in [-0.15, -0.1) is 0 Å². The molecule has 6 heteroatoms. The van der Waals surface area contributed by atoms with Crippen molar-refractivity contribution in [3.8, 4) is 5.75 Å². The molecule has 0 spiro atoms. The van der Waals surface area contributed by atoms with E-state index in [0.29, 0.717) is 10.9 Å². The van der Waals surface area contributed by atoms with Crippen molar-refractivity contribution >= 4 is 31.6 Å². The number of aryl methyl sites for hydroxylation is 1. The Morgan fingerprint density at radius 3 is 2.45 bits per heavy atom. The highest BCUT2D eigenvalue weighted by atomic mass is 79.9. The van der Waals surface area contributed by atoms with Crippen molar-refractivity contribution < 1.29 is 13.5 Å². The first-order chi connectivity index (χ1) is 9.48. The van der Waals surface area contributed by atoms with E-state index in [-0.39, 0.29) is 17.2 Å². The van der Waals surface area contributed by atoms with Crippen LogP contribution in [0.1, 0.15) is 5.56 Å². The van der Waals surface area contributed by atoms with E-state index >= 15 is 0 Å². The fourth-order valence-corrected chi connectivity index (χ4v) is 3.19. The maximum Gasteiger partial charge on any atom is 0.233 e. The van der Waals surface area contributed by atoms with Crippen molar-refractivity contribution in [2.24, 2.45) is 0 Å². The normalized spacial score (nSPS) is 11.2. The standard InChI is InChI=1S/C14H14BrNO3S/c15-12-7-4-8-13(14(12)17)16-20(18,19)10-9-11-5-2-1-3-6-11/h1-8,16-17H,9-10H2. The lowest BCUT2D eigenvalue weighted by Gasteiger charge is -2.10. The van der Waals surface area contributed by atoms with Crippen molar-refractivity contribution in [2.75, 3.05) is 10.5 Å². The second-order valence-electron chi connectivity index (χ2n) is 4.29. The Morgan fingerprint density at radius 2 is 1.75 bits per heavy atom. The molecule has 0 saturated heterocycles. The summed E-state index contributed by atoms with van der Waals surface area (Å²) in [6.07, 6.45) is 0.422. The van der Waals surface area contributed by atoms with Gasteiger partial charge in [0.05, 0.1) is 15.9 Å². The summed E-state index contributed by atoms with van der Waals surface area (Å²) >= 11 is 3.14. The molecule has 0 fully saturated rings. The smallest absolute Gasteiger partial charge is 0.233 e. The first kappa shape index (κ1) is 14.9. The van der Waals surface area contributed by atoms with Crippen molar-refractivity contribution in [3.63, 3.8) is 0 Å². The van der Waals surface area contributed by atoms with Gasteiger partial charge in [0.1, 0.15) is 0 Å². The van der Waals surface area contributed by atoms with E-state index in [0.717, 1.165) is 5.56 Å². The van der Waals surface area contributed by atoms with Crippen LogP contribution in [0.5, 0.6) is 5.75 Å². The highest BCUT2D eigenvalue weighted by molar-refractivity contribution is 9.10. The highest BCUT2D eigenvalue weighted by Gasteiger charge is 2.14. The number of aromatic hydroxyl groups is 1. The third kappa shape index (κ3) is 3.98. The number of halogens is 1. The molecule has 4 nitrogen and oxygen atoms in total. The highest BCUT2D eigenvalue weighted by Crippen LogP contribution is 2.32. The quantitative estimate of drug-likeness (QED) is 0.809. The van der Waals surface area contributed by atoms with E-state index in [1.165, 1.54) is 6.07 Å². The number of nitrogens with one attached hydrogen (secondary N) is 1. The van der Waals surface area contributed by atoms with Gasteiger partial charge in [0.25, 0.3) is 0 Å². The summed E-state index contributed by atoms with van der Waals surface area (Å²) in [7, 11) is -3.50. The molecule has 20 heavy (non-hydrogen) atoms. The minimum Gasteiger partial charge on any atom is -0.505 e. The third-order valence-corrected chi connectivity index (χ3v) is 4.67. The third-order valence-electron chi connectivity index (χ3n) is 2.75. The lowest BCUT2D eigenvalue weighted by atomic mass is 10.2. The monoisotopic (exact) mass is 355 g/mol. The number of phenols is 1. The fourth-order valence-electron chi connectivity index (χ4n) is 1.71. The SMILES string of the molecule is O=S(=O)(CCc1ccccc1)Nc1cccc(Br)c1O. The molecule has 0 aromatic heterocycles. The minimum absolute atomic E-state index is 0.0387. The van der Waals surface area contributed by atoms with Gasteiger partial charge in [-0.2, -0.15) is 0 Å². The van der Waals surface area contributed by atoms with Crippen molar-refractivity contribution in [1.29, 1.82) is 0 Å². The molecule has 2 aromatic rings. The van der Waals surface area contributed by atoms with Crippen LogP contribution in [0.3, 0.4) is 0 Å². The van der Waals surface area contributed by atoms with E-state index in [2.05, 4.69) is 20.7 Å². The maximum absolute atomic E-state index is 12.0. The molecule has 0 heterocycles. The van der Waals surface area contributed by atoms with Crippen LogP contribution in [0.2, 0.25) is 0 Å².